The molecule has 1 heterocycles. The molecule has 0 aromatic heterocycles. The van der Waals surface area contributed by atoms with E-state index in [1.165, 1.54) is 6.07 Å². The normalized spacial score (nSPS) is 16.3. The van der Waals surface area contributed by atoms with Crippen LogP contribution in [0.1, 0.15) is 10.4 Å². The number of rotatable bonds is 5. The van der Waals surface area contributed by atoms with Gasteiger partial charge in [0, 0.05) is 26.2 Å². The molecule has 104 valence electrons. The molecule has 6 heteroatoms. The zero-order valence-corrected chi connectivity index (χ0v) is 11.3. The molecule has 0 saturated carbocycles. The average molecular weight is 285 g/mol. The van der Waals surface area contributed by atoms with Gasteiger partial charge in [-0.1, -0.05) is 11.6 Å². The predicted molar refractivity (Wildman–Crippen MR) is 74.2 cm³/mol. The summed E-state index contributed by atoms with van der Waals surface area (Å²) >= 11 is 6.04. The zero-order chi connectivity index (χ0) is 13.7. The molecule has 2 rings (SSSR count). The van der Waals surface area contributed by atoms with Crippen LogP contribution in [-0.2, 0) is 4.74 Å². The van der Waals surface area contributed by atoms with Gasteiger partial charge in [-0.15, -0.1) is 0 Å². The molecule has 1 aromatic rings. The Morgan fingerprint density at radius 2 is 2.16 bits per heavy atom. The van der Waals surface area contributed by atoms with Gasteiger partial charge in [-0.3, -0.25) is 4.90 Å². The van der Waals surface area contributed by atoms with Gasteiger partial charge in [0.05, 0.1) is 29.5 Å². The first kappa shape index (κ1) is 14.1. The third kappa shape index (κ3) is 4.09. The van der Waals surface area contributed by atoms with E-state index in [1.54, 1.807) is 12.1 Å². The van der Waals surface area contributed by atoms with Crippen LogP contribution in [0.3, 0.4) is 0 Å². The highest BCUT2D eigenvalue weighted by Crippen LogP contribution is 2.22. The van der Waals surface area contributed by atoms with Crippen molar-refractivity contribution in [2.45, 2.75) is 0 Å². The summed E-state index contributed by atoms with van der Waals surface area (Å²) in [5.74, 6) is -0.971. The maximum atomic E-state index is 10.8. The topological polar surface area (TPSA) is 61.8 Å². The Labute approximate surface area is 117 Å². The second-order valence-electron chi connectivity index (χ2n) is 4.38. The first-order chi connectivity index (χ1) is 9.16. The molecule has 0 atom stereocenters. The van der Waals surface area contributed by atoms with Gasteiger partial charge in [0.1, 0.15) is 0 Å². The lowest BCUT2D eigenvalue weighted by Crippen LogP contribution is -2.39. The summed E-state index contributed by atoms with van der Waals surface area (Å²) in [6.45, 7) is 5.16. The highest BCUT2D eigenvalue weighted by atomic mass is 35.5. The van der Waals surface area contributed by atoms with Crippen molar-refractivity contribution in [3.8, 4) is 0 Å². The fourth-order valence-electron chi connectivity index (χ4n) is 1.96. The van der Waals surface area contributed by atoms with E-state index in [-0.39, 0.29) is 5.56 Å². The number of hydrogen-bond donors (Lipinski definition) is 2. The summed E-state index contributed by atoms with van der Waals surface area (Å²) in [6, 6.07) is 4.71. The zero-order valence-electron chi connectivity index (χ0n) is 10.6. The third-order valence-corrected chi connectivity index (χ3v) is 3.38. The van der Waals surface area contributed by atoms with Crippen molar-refractivity contribution < 1.29 is 14.6 Å². The van der Waals surface area contributed by atoms with E-state index >= 15 is 0 Å². The summed E-state index contributed by atoms with van der Waals surface area (Å²) in [6.07, 6.45) is 0. The van der Waals surface area contributed by atoms with Crippen molar-refractivity contribution in [2.24, 2.45) is 0 Å². The molecule has 0 bridgehead atoms. The SMILES string of the molecule is O=C(O)c1ccc(NCCN2CCOCC2)c(Cl)c1. The van der Waals surface area contributed by atoms with E-state index in [0.29, 0.717) is 5.02 Å². The van der Waals surface area contributed by atoms with Crippen molar-refractivity contribution in [1.29, 1.82) is 0 Å². The van der Waals surface area contributed by atoms with Crippen LogP contribution in [0.25, 0.3) is 0 Å². The molecule has 2 N–H and O–H groups in total. The summed E-state index contributed by atoms with van der Waals surface area (Å²) in [5, 5.41) is 12.5. The van der Waals surface area contributed by atoms with Crippen LogP contribution in [0.5, 0.6) is 0 Å². The van der Waals surface area contributed by atoms with Crippen LogP contribution >= 0.6 is 11.6 Å². The molecule has 0 radical (unpaired) electrons. The van der Waals surface area contributed by atoms with Crippen molar-refractivity contribution in [2.75, 3.05) is 44.7 Å². The molecule has 1 saturated heterocycles. The number of anilines is 1. The van der Waals surface area contributed by atoms with Gasteiger partial charge >= 0.3 is 5.97 Å². The number of halogens is 1. The van der Waals surface area contributed by atoms with Gasteiger partial charge in [-0.25, -0.2) is 4.79 Å². The molecule has 1 aliphatic heterocycles. The largest absolute Gasteiger partial charge is 0.478 e. The van der Waals surface area contributed by atoms with Crippen molar-refractivity contribution in [3.63, 3.8) is 0 Å². The number of morpholine rings is 1. The van der Waals surface area contributed by atoms with Gasteiger partial charge in [0.25, 0.3) is 0 Å². The Bertz CT molecular complexity index is 448. The maximum Gasteiger partial charge on any atom is 0.335 e. The first-order valence-electron chi connectivity index (χ1n) is 6.23. The Kier molecular flexibility index (Phi) is 5.01. The molecule has 5 nitrogen and oxygen atoms in total. The number of benzene rings is 1. The minimum atomic E-state index is -0.971. The van der Waals surface area contributed by atoms with Crippen molar-refractivity contribution >= 4 is 23.3 Å². The van der Waals surface area contributed by atoms with Gasteiger partial charge in [0.15, 0.2) is 0 Å². The average Bonchev–Trinajstić information content (AvgIpc) is 2.41. The highest BCUT2D eigenvalue weighted by molar-refractivity contribution is 6.33. The third-order valence-electron chi connectivity index (χ3n) is 3.06. The number of aromatic carboxylic acids is 1. The molecule has 19 heavy (non-hydrogen) atoms. The molecule has 0 amide bonds. The lowest BCUT2D eigenvalue weighted by atomic mass is 10.2. The Morgan fingerprint density at radius 3 is 2.79 bits per heavy atom. The van der Waals surface area contributed by atoms with Crippen LogP contribution in [-0.4, -0.2) is 55.4 Å². The molecule has 0 unspecified atom stereocenters. The van der Waals surface area contributed by atoms with E-state index in [9.17, 15) is 4.79 Å². The van der Waals surface area contributed by atoms with Crippen LogP contribution in [0, 0.1) is 0 Å². The lowest BCUT2D eigenvalue weighted by Gasteiger charge is -2.26. The molecular weight excluding hydrogens is 268 g/mol. The highest BCUT2D eigenvalue weighted by Gasteiger charge is 2.10. The van der Waals surface area contributed by atoms with Gasteiger partial charge in [-0.05, 0) is 18.2 Å². The number of ether oxygens (including phenoxy) is 1. The fraction of sp³-hybridized carbons (Fsp3) is 0.462. The van der Waals surface area contributed by atoms with E-state index in [2.05, 4.69) is 10.2 Å². The number of nitrogens with zero attached hydrogens (tertiary/aromatic N) is 1. The maximum absolute atomic E-state index is 10.8. The first-order valence-corrected chi connectivity index (χ1v) is 6.61. The Balaban J connectivity index is 1.83. The monoisotopic (exact) mass is 284 g/mol. The smallest absolute Gasteiger partial charge is 0.335 e. The van der Waals surface area contributed by atoms with Crippen molar-refractivity contribution in [1.82, 2.24) is 4.90 Å². The molecule has 0 spiro atoms. The molecule has 1 aromatic carbocycles. The number of nitrogens with one attached hydrogen (secondary N) is 1. The Hall–Kier alpha value is -1.30. The van der Waals surface area contributed by atoms with E-state index in [1.807, 2.05) is 0 Å². The minimum Gasteiger partial charge on any atom is -0.478 e. The van der Waals surface area contributed by atoms with E-state index in [4.69, 9.17) is 21.4 Å². The van der Waals surface area contributed by atoms with Crippen molar-refractivity contribution in [3.05, 3.63) is 28.8 Å². The fourth-order valence-corrected chi connectivity index (χ4v) is 2.21. The molecule has 1 aliphatic rings. The summed E-state index contributed by atoms with van der Waals surface area (Å²) < 4.78 is 5.28. The van der Waals surface area contributed by atoms with Crippen LogP contribution in [0.4, 0.5) is 5.69 Å². The van der Waals surface area contributed by atoms with E-state index in [0.717, 1.165) is 45.1 Å². The van der Waals surface area contributed by atoms with Crippen LogP contribution in [0.15, 0.2) is 18.2 Å². The number of carboxylic acids is 1. The van der Waals surface area contributed by atoms with Gasteiger partial charge in [-0.2, -0.15) is 0 Å². The second kappa shape index (κ2) is 6.75. The predicted octanol–water partition coefficient (Wildman–Crippen LogP) is 1.78. The summed E-state index contributed by atoms with van der Waals surface area (Å²) in [4.78, 5) is 13.1. The summed E-state index contributed by atoms with van der Waals surface area (Å²) in [5.41, 5.74) is 0.962. The number of carboxylic acid groups (broad SMARTS) is 1. The number of carbonyl (C=O) groups is 1. The molecule has 0 aliphatic carbocycles. The standard InChI is InChI=1S/C13H17ClN2O3/c14-11-9-10(13(17)18)1-2-12(11)15-3-4-16-5-7-19-8-6-16/h1-2,9,15H,3-8H2,(H,17,18). The number of hydrogen-bond acceptors (Lipinski definition) is 4. The van der Waals surface area contributed by atoms with Gasteiger partial charge in [0.2, 0.25) is 0 Å². The molecular formula is C13H17ClN2O3. The second-order valence-corrected chi connectivity index (χ2v) is 4.79. The minimum absolute atomic E-state index is 0.198. The van der Waals surface area contributed by atoms with Crippen LogP contribution < -0.4 is 5.32 Å². The van der Waals surface area contributed by atoms with Gasteiger partial charge < -0.3 is 15.2 Å². The molecule has 1 fully saturated rings. The van der Waals surface area contributed by atoms with Crippen LogP contribution in [0.2, 0.25) is 5.02 Å². The van der Waals surface area contributed by atoms with E-state index < -0.39 is 5.97 Å². The Morgan fingerprint density at radius 1 is 1.42 bits per heavy atom. The summed E-state index contributed by atoms with van der Waals surface area (Å²) in [7, 11) is 0. The lowest BCUT2D eigenvalue weighted by molar-refractivity contribution is 0.0398. The quantitative estimate of drug-likeness (QED) is 0.863.